The van der Waals surface area contributed by atoms with Crippen molar-refractivity contribution in [1.82, 2.24) is 5.32 Å². The van der Waals surface area contributed by atoms with E-state index < -0.39 is 0 Å². The highest BCUT2D eigenvalue weighted by Gasteiger charge is 2.17. The average Bonchev–Trinajstić information content (AvgIpc) is 2.27. The second-order valence-electron chi connectivity index (χ2n) is 4.69. The molecule has 1 unspecified atom stereocenters. The number of halogens is 1. The molecule has 18 heavy (non-hydrogen) atoms. The van der Waals surface area contributed by atoms with Crippen LogP contribution in [0.3, 0.4) is 0 Å². The van der Waals surface area contributed by atoms with Crippen molar-refractivity contribution >= 4 is 17.5 Å². The maximum atomic E-state index is 11.1. The molecule has 0 fully saturated rings. The first-order valence-corrected chi connectivity index (χ1v) is 6.39. The Morgan fingerprint density at radius 1 is 1.28 bits per heavy atom. The molecular formula is C14H20ClNO2. The summed E-state index contributed by atoms with van der Waals surface area (Å²) >= 11 is 6.15. The van der Waals surface area contributed by atoms with E-state index in [9.17, 15) is 4.79 Å². The molecule has 3 nitrogen and oxygen atoms in total. The van der Waals surface area contributed by atoms with Gasteiger partial charge >= 0.3 is 0 Å². The SMILES string of the molecule is COc1cc(C(C)C)c(C(C)NC(C)=O)cc1Cl. The van der Waals surface area contributed by atoms with Crippen LogP contribution in [-0.2, 0) is 4.79 Å². The van der Waals surface area contributed by atoms with Gasteiger partial charge in [0.15, 0.2) is 0 Å². The zero-order valence-corrected chi connectivity index (χ0v) is 12.3. The Labute approximate surface area is 113 Å². The van der Waals surface area contributed by atoms with Gasteiger partial charge in [-0.1, -0.05) is 25.4 Å². The maximum Gasteiger partial charge on any atom is 0.217 e. The number of methoxy groups -OCH3 is 1. The lowest BCUT2D eigenvalue weighted by Crippen LogP contribution is -2.24. The van der Waals surface area contributed by atoms with Gasteiger partial charge in [0.2, 0.25) is 5.91 Å². The summed E-state index contributed by atoms with van der Waals surface area (Å²) in [5, 5.41) is 3.44. The van der Waals surface area contributed by atoms with Crippen molar-refractivity contribution in [1.29, 1.82) is 0 Å². The molecule has 1 atom stereocenters. The van der Waals surface area contributed by atoms with Crippen LogP contribution >= 0.6 is 11.6 Å². The maximum absolute atomic E-state index is 11.1. The minimum atomic E-state index is -0.0664. The summed E-state index contributed by atoms with van der Waals surface area (Å²) < 4.78 is 5.23. The van der Waals surface area contributed by atoms with E-state index in [1.807, 2.05) is 19.1 Å². The predicted molar refractivity (Wildman–Crippen MR) is 74.3 cm³/mol. The smallest absolute Gasteiger partial charge is 0.217 e. The van der Waals surface area contributed by atoms with Gasteiger partial charge in [-0.2, -0.15) is 0 Å². The largest absolute Gasteiger partial charge is 0.495 e. The highest BCUT2D eigenvalue weighted by Crippen LogP contribution is 2.34. The van der Waals surface area contributed by atoms with Gasteiger partial charge in [0, 0.05) is 6.92 Å². The topological polar surface area (TPSA) is 38.3 Å². The minimum absolute atomic E-state index is 0.0517. The van der Waals surface area contributed by atoms with Crippen LogP contribution in [0.15, 0.2) is 12.1 Å². The van der Waals surface area contributed by atoms with Crippen molar-refractivity contribution in [3.8, 4) is 5.75 Å². The van der Waals surface area contributed by atoms with Crippen LogP contribution in [0.2, 0.25) is 5.02 Å². The Morgan fingerprint density at radius 3 is 2.33 bits per heavy atom. The lowest BCUT2D eigenvalue weighted by Gasteiger charge is -2.21. The molecule has 0 aliphatic carbocycles. The summed E-state index contributed by atoms with van der Waals surface area (Å²) in [6.45, 7) is 7.67. The molecule has 1 N–H and O–H groups in total. The van der Waals surface area contributed by atoms with Crippen molar-refractivity contribution in [3.05, 3.63) is 28.3 Å². The molecule has 0 radical (unpaired) electrons. The first-order chi connectivity index (χ1) is 8.36. The van der Waals surface area contributed by atoms with E-state index in [0.29, 0.717) is 16.7 Å². The molecule has 1 amide bonds. The quantitative estimate of drug-likeness (QED) is 0.906. The second kappa shape index (κ2) is 6.10. The van der Waals surface area contributed by atoms with Gasteiger partial charge in [0.05, 0.1) is 18.2 Å². The van der Waals surface area contributed by atoms with Crippen LogP contribution in [-0.4, -0.2) is 13.0 Å². The lowest BCUT2D eigenvalue weighted by atomic mass is 9.93. The molecule has 0 saturated heterocycles. The highest BCUT2D eigenvalue weighted by molar-refractivity contribution is 6.32. The third-order valence-corrected chi connectivity index (χ3v) is 3.16. The molecule has 1 aromatic carbocycles. The third kappa shape index (κ3) is 3.39. The van der Waals surface area contributed by atoms with E-state index in [2.05, 4.69) is 19.2 Å². The number of amides is 1. The van der Waals surface area contributed by atoms with Crippen molar-refractivity contribution in [2.24, 2.45) is 0 Å². The van der Waals surface area contributed by atoms with E-state index in [0.717, 1.165) is 11.1 Å². The van der Waals surface area contributed by atoms with Gasteiger partial charge < -0.3 is 10.1 Å². The fraction of sp³-hybridized carbons (Fsp3) is 0.500. The number of hydrogen-bond acceptors (Lipinski definition) is 2. The summed E-state index contributed by atoms with van der Waals surface area (Å²) in [5.74, 6) is 0.950. The number of nitrogens with one attached hydrogen (secondary N) is 1. The van der Waals surface area contributed by atoms with E-state index in [4.69, 9.17) is 16.3 Å². The van der Waals surface area contributed by atoms with Crippen LogP contribution in [0.5, 0.6) is 5.75 Å². The van der Waals surface area contributed by atoms with Gasteiger partial charge in [0.1, 0.15) is 5.75 Å². The van der Waals surface area contributed by atoms with Crippen LogP contribution < -0.4 is 10.1 Å². The van der Waals surface area contributed by atoms with Crippen LogP contribution in [0.25, 0.3) is 0 Å². The molecule has 0 saturated carbocycles. The van der Waals surface area contributed by atoms with Gasteiger partial charge in [-0.15, -0.1) is 0 Å². The Balaban J connectivity index is 3.24. The van der Waals surface area contributed by atoms with Crippen molar-refractivity contribution in [2.75, 3.05) is 7.11 Å². The number of rotatable bonds is 4. The normalized spacial score (nSPS) is 12.4. The summed E-state index contributed by atoms with van der Waals surface area (Å²) in [4.78, 5) is 11.1. The Morgan fingerprint density at radius 2 is 1.89 bits per heavy atom. The number of benzene rings is 1. The Hall–Kier alpha value is -1.22. The van der Waals surface area contributed by atoms with Gasteiger partial charge in [-0.05, 0) is 36.1 Å². The minimum Gasteiger partial charge on any atom is -0.495 e. The zero-order valence-electron chi connectivity index (χ0n) is 11.5. The summed E-state index contributed by atoms with van der Waals surface area (Å²) in [7, 11) is 1.60. The molecule has 0 spiro atoms. The molecule has 0 heterocycles. The fourth-order valence-electron chi connectivity index (χ4n) is 2.00. The summed E-state index contributed by atoms with van der Waals surface area (Å²) in [6, 6.07) is 3.75. The molecule has 0 bridgehead atoms. The summed E-state index contributed by atoms with van der Waals surface area (Å²) in [5.41, 5.74) is 2.17. The van der Waals surface area contributed by atoms with E-state index in [1.54, 1.807) is 7.11 Å². The molecule has 1 aromatic rings. The van der Waals surface area contributed by atoms with Gasteiger partial charge in [0.25, 0.3) is 0 Å². The van der Waals surface area contributed by atoms with Crippen molar-refractivity contribution in [2.45, 2.75) is 39.7 Å². The number of ether oxygens (including phenoxy) is 1. The average molecular weight is 270 g/mol. The molecule has 0 aliphatic rings. The van der Waals surface area contributed by atoms with Crippen molar-refractivity contribution < 1.29 is 9.53 Å². The monoisotopic (exact) mass is 269 g/mol. The molecular weight excluding hydrogens is 250 g/mol. The number of carbonyl (C=O) groups excluding carboxylic acids is 1. The number of hydrogen-bond donors (Lipinski definition) is 1. The number of carbonyl (C=O) groups is 1. The van der Waals surface area contributed by atoms with E-state index in [1.165, 1.54) is 6.92 Å². The van der Waals surface area contributed by atoms with Crippen LogP contribution in [0.4, 0.5) is 0 Å². The predicted octanol–water partition coefficient (Wildman–Crippen LogP) is 3.67. The third-order valence-electron chi connectivity index (χ3n) is 2.87. The molecule has 0 aromatic heterocycles. The Bertz CT molecular complexity index is 444. The first kappa shape index (κ1) is 14.8. The van der Waals surface area contributed by atoms with E-state index in [-0.39, 0.29) is 11.9 Å². The molecule has 1 rings (SSSR count). The van der Waals surface area contributed by atoms with Crippen molar-refractivity contribution in [3.63, 3.8) is 0 Å². The zero-order chi connectivity index (χ0) is 13.9. The molecule has 4 heteroatoms. The van der Waals surface area contributed by atoms with Crippen LogP contribution in [0.1, 0.15) is 50.8 Å². The first-order valence-electron chi connectivity index (χ1n) is 6.01. The summed E-state index contributed by atoms with van der Waals surface area (Å²) in [6.07, 6.45) is 0. The van der Waals surface area contributed by atoms with E-state index >= 15 is 0 Å². The molecule has 0 aliphatic heterocycles. The van der Waals surface area contributed by atoms with Gasteiger partial charge in [-0.25, -0.2) is 0 Å². The fourth-order valence-corrected chi connectivity index (χ4v) is 2.25. The lowest BCUT2D eigenvalue weighted by molar-refractivity contribution is -0.119. The Kier molecular flexibility index (Phi) is 5.03. The van der Waals surface area contributed by atoms with Gasteiger partial charge in [-0.3, -0.25) is 4.79 Å². The molecule has 100 valence electrons. The highest BCUT2D eigenvalue weighted by atomic mass is 35.5. The second-order valence-corrected chi connectivity index (χ2v) is 5.10. The van der Waals surface area contributed by atoms with Crippen LogP contribution in [0, 0.1) is 0 Å². The standard InChI is InChI=1S/C14H20ClNO2/c1-8(2)11-7-14(18-5)13(15)6-12(11)9(3)16-10(4)17/h6-9H,1-5H3,(H,16,17).